The number of nitrogens with one attached hydrogen (secondary N) is 1. The number of hydrogen-bond acceptors (Lipinski definition) is 2. The number of halogens is 1. The Morgan fingerprint density at radius 3 is 2.55 bits per heavy atom. The van der Waals surface area contributed by atoms with Gasteiger partial charge in [-0.25, -0.2) is 0 Å². The quantitative estimate of drug-likeness (QED) is 0.733. The van der Waals surface area contributed by atoms with E-state index in [0.29, 0.717) is 12.2 Å². The second-order valence-corrected chi connectivity index (χ2v) is 2.92. The molecule has 2 nitrogen and oxygen atoms in total. The molecular formula is C8H11BrN2. The number of rotatable bonds is 3. The second-order valence-electron chi connectivity index (χ2n) is 1.90. The fraction of sp³-hybridized carbons (Fsp3) is 0.375. The van der Waals surface area contributed by atoms with Gasteiger partial charge in [0.05, 0.1) is 0 Å². The van der Waals surface area contributed by atoms with Crippen molar-refractivity contribution in [1.82, 2.24) is 5.32 Å². The molecule has 0 atom stereocenters. The molecule has 0 aromatic rings. The Kier molecular flexibility index (Phi) is 5.58. The van der Waals surface area contributed by atoms with Crippen molar-refractivity contribution in [1.29, 1.82) is 5.26 Å². The van der Waals surface area contributed by atoms with Crippen LogP contribution in [0.3, 0.4) is 0 Å². The third-order valence-corrected chi connectivity index (χ3v) is 1.91. The van der Waals surface area contributed by atoms with Crippen molar-refractivity contribution in [3.8, 4) is 6.07 Å². The summed E-state index contributed by atoms with van der Waals surface area (Å²) in [5.74, 6) is 0. The molecule has 0 aromatic carbocycles. The molecular weight excluding hydrogens is 204 g/mol. The lowest BCUT2D eigenvalue weighted by atomic mass is 10.4. The lowest BCUT2D eigenvalue weighted by Gasteiger charge is -2.01. The fourth-order valence-electron chi connectivity index (χ4n) is 0.488. The lowest BCUT2D eigenvalue weighted by Crippen LogP contribution is -2.13. The molecule has 1 N–H and O–H groups in total. The van der Waals surface area contributed by atoms with E-state index in [1.165, 1.54) is 0 Å². The molecule has 0 aliphatic rings. The van der Waals surface area contributed by atoms with E-state index in [9.17, 15) is 0 Å². The molecule has 60 valence electrons. The molecule has 0 bridgehead atoms. The van der Waals surface area contributed by atoms with Gasteiger partial charge >= 0.3 is 0 Å². The molecule has 0 spiro atoms. The molecule has 0 rings (SSSR count). The van der Waals surface area contributed by atoms with Crippen molar-refractivity contribution in [3.05, 3.63) is 22.3 Å². The molecule has 0 fully saturated rings. The zero-order chi connectivity index (χ0) is 8.69. The highest BCUT2D eigenvalue weighted by atomic mass is 79.9. The van der Waals surface area contributed by atoms with Crippen LogP contribution in [-0.4, -0.2) is 6.54 Å². The van der Waals surface area contributed by atoms with Gasteiger partial charge in [-0.1, -0.05) is 28.1 Å². The molecule has 0 amide bonds. The molecule has 0 aromatic heterocycles. The predicted molar refractivity (Wildman–Crippen MR) is 50.1 cm³/mol. The average Bonchev–Trinajstić information content (AvgIpc) is 2.06. The predicted octanol–water partition coefficient (Wildman–Crippen LogP) is 2.30. The van der Waals surface area contributed by atoms with Gasteiger partial charge in [-0.3, -0.25) is 0 Å². The second kappa shape index (κ2) is 5.99. The van der Waals surface area contributed by atoms with Crippen molar-refractivity contribution < 1.29 is 0 Å². The maximum Gasteiger partial charge on any atom is 0.117 e. The monoisotopic (exact) mass is 214 g/mol. The number of allylic oxidation sites excluding steroid dienone is 3. The summed E-state index contributed by atoms with van der Waals surface area (Å²) in [5, 5.41) is 11.5. The normalized spacial score (nSPS) is 12.5. The molecule has 0 heterocycles. The Labute approximate surface area is 75.7 Å². The van der Waals surface area contributed by atoms with Crippen LogP contribution >= 0.6 is 15.9 Å². The standard InChI is InChI=1S/C8H11BrN2/c1-3-7(9)6-11-8(4-2)5-10/h3-4,11H,6H2,1-2H3/b7-3+,8-4-. The first-order valence-corrected chi connectivity index (χ1v) is 4.14. The molecule has 0 saturated carbocycles. The Bertz CT molecular complexity index is 211. The largest absolute Gasteiger partial charge is 0.372 e. The summed E-state index contributed by atoms with van der Waals surface area (Å²) in [6.45, 7) is 4.44. The summed E-state index contributed by atoms with van der Waals surface area (Å²) in [4.78, 5) is 0. The van der Waals surface area contributed by atoms with Crippen LogP contribution in [0.15, 0.2) is 22.3 Å². The van der Waals surface area contributed by atoms with E-state index in [1.54, 1.807) is 6.08 Å². The van der Waals surface area contributed by atoms with E-state index in [1.807, 2.05) is 26.0 Å². The number of nitrogens with zero attached hydrogens (tertiary/aromatic N) is 1. The van der Waals surface area contributed by atoms with Crippen molar-refractivity contribution in [2.24, 2.45) is 0 Å². The summed E-state index contributed by atoms with van der Waals surface area (Å²) in [7, 11) is 0. The van der Waals surface area contributed by atoms with Gasteiger partial charge in [-0.15, -0.1) is 0 Å². The highest BCUT2D eigenvalue weighted by Gasteiger charge is 1.92. The summed E-state index contributed by atoms with van der Waals surface area (Å²) >= 11 is 3.33. The highest BCUT2D eigenvalue weighted by molar-refractivity contribution is 9.11. The Balaban J connectivity index is 3.81. The average molecular weight is 215 g/mol. The topological polar surface area (TPSA) is 35.8 Å². The minimum absolute atomic E-state index is 0.601. The Morgan fingerprint density at radius 2 is 2.18 bits per heavy atom. The van der Waals surface area contributed by atoms with Gasteiger partial charge in [-0.2, -0.15) is 5.26 Å². The van der Waals surface area contributed by atoms with Crippen LogP contribution in [-0.2, 0) is 0 Å². The summed E-state index contributed by atoms with van der Waals surface area (Å²) < 4.78 is 1.05. The summed E-state index contributed by atoms with van der Waals surface area (Å²) in [6.07, 6.45) is 3.69. The van der Waals surface area contributed by atoms with Crippen molar-refractivity contribution in [2.45, 2.75) is 13.8 Å². The third kappa shape index (κ3) is 4.63. The smallest absolute Gasteiger partial charge is 0.117 e. The summed E-state index contributed by atoms with van der Waals surface area (Å²) in [6, 6.07) is 2.03. The van der Waals surface area contributed by atoms with Gasteiger partial charge < -0.3 is 5.32 Å². The van der Waals surface area contributed by atoms with E-state index in [4.69, 9.17) is 5.26 Å². The SMILES string of the molecule is C/C=C(/C#N)NC/C(Br)=C\C. The van der Waals surface area contributed by atoms with Gasteiger partial charge in [0.25, 0.3) is 0 Å². The van der Waals surface area contributed by atoms with Crippen LogP contribution in [0, 0.1) is 11.3 Å². The van der Waals surface area contributed by atoms with Crippen LogP contribution in [0.4, 0.5) is 0 Å². The Morgan fingerprint density at radius 1 is 1.55 bits per heavy atom. The van der Waals surface area contributed by atoms with Crippen molar-refractivity contribution >= 4 is 15.9 Å². The van der Waals surface area contributed by atoms with Gasteiger partial charge in [0.1, 0.15) is 11.8 Å². The van der Waals surface area contributed by atoms with Crippen LogP contribution in [0.1, 0.15) is 13.8 Å². The first-order chi connectivity index (χ1) is 5.24. The molecule has 0 radical (unpaired) electrons. The molecule has 0 aliphatic heterocycles. The van der Waals surface area contributed by atoms with E-state index >= 15 is 0 Å². The molecule has 0 aliphatic carbocycles. The third-order valence-electron chi connectivity index (χ3n) is 1.17. The first-order valence-electron chi connectivity index (χ1n) is 3.35. The summed E-state index contributed by atoms with van der Waals surface area (Å²) in [5.41, 5.74) is 0.601. The maximum absolute atomic E-state index is 8.50. The number of hydrogen-bond donors (Lipinski definition) is 1. The maximum atomic E-state index is 8.50. The first kappa shape index (κ1) is 10.2. The van der Waals surface area contributed by atoms with Crippen LogP contribution in [0.5, 0.6) is 0 Å². The van der Waals surface area contributed by atoms with Gasteiger partial charge in [0.15, 0.2) is 0 Å². The molecule has 11 heavy (non-hydrogen) atoms. The Hall–Kier alpha value is -0.750. The van der Waals surface area contributed by atoms with Gasteiger partial charge in [0, 0.05) is 11.0 Å². The fourth-order valence-corrected chi connectivity index (χ4v) is 0.628. The van der Waals surface area contributed by atoms with Crippen LogP contribution in [0.2, 0.25) is 0 Å². The molecule has 0 saturated heterocycles. The van der Waals surface area contributed by atoms with Gasteiger partial charge in [0.2, 0.25) is 0 Å². The van der Waals surface area contributed by atoms with Gasteiger partial charge in [-0.05, 0) is 13.8 Å². The van der Waals surface area contributed by atoms with Crippen LogP contribution < -0.4 is 5.32 Å². The van der Waals surface area contributed by atoms with E-state index in [2.05, 4.69) is 21.2 Å². The number of nitriles is 1. The van der Waals surface area contributed by atoms with Crippen LogP contribution in [0.25, 0.3) is 0 Å². The minimum Gasteiger partial charge on any atom is -0.372 e. The minimum atomic E-state index is 0.601. The lowest BCUT2D eigenvalue weighted by molar-refractivity contribution is 0.928. The van der Waals surface area contributed by atoms with E-state index < -0.39 is 0 Å². The zero-order valence-corrected chi connectivity index (χ0v) is 8.27. The van der Waals surface area contributed by atoms with E-state index in [0.717, 1.165) is 4.48 Å². The van der Waals surface area contributed by atoms with Crippen molar-refractivity contribution in [2.75, 3.05) is 6.54 Å². The zero-order valence-electron chi connectivity index (χ0n) is 6.69. The molecule has 3 heteroatoms. The molecule has 0 unspecified atom stereocenters. The van der Waals surface area contributed by atoms with E-state index in [-0.39, 0.29) is 0 Å². The van der Waals surface area contributed by atoms with Crippen molar-refractivity contribution in [3.63, 3.8) is 0 Å². The highest BCUT2D eigenvalue weighted by Crippen LogP contribution is 2.02.